The van der Waals surface area contributed by atoms with Gasteiger partial charge in [0.15, 0.2) is 0 Å². The zero-order valence-corrected chi connectivity index (χ0v) is 18.1. The van der Waals surface area contributed by atoms with Crippen LogP contribution in [0.15, 0.2) is 35.4 Å². The first-order valence-electron chi connectivity index (χ1n) is 9.06. The normalized spacial score (nSPS) is 11.5. The van der Waals surface area contributed by atoms with Gasteiger partial charge in [0.2, 0.25) is 5.91 Å². The molecular weight excluding hydrogens is 390 g/mol. The molecule has 29 heavy (non-hydrogen) atoms. The minimum atomic E-state index is -0.542. The van der Waals surface area contributed by atoms with E-state index in [4.69, 9.17) is 4.74 Å². The fourth-order valence-corrected chi connectivity index (χ4v) is 3.93. The summed E-state index contributed by atoms with van der Waals surface area (Å²) in [5.74, 6) is -0.204. The van der Waals surface area contributed by atoms with Crippen LogP contribution >= 0.6 is 11.3 Å². The fourth-order valence-electron chi connectivity index (χ4n) is 2.92. The number of nitrogens with zero attached hydrogens (tertiary/aromatic N) is 3. The number of carbonyl (C=O) groups is 2. The number of carbonyl (C=O) groups excluding carboxylic acids is 2. The average molecular weight is 413 g/mol. The number of benzene rings is 1. The van der Waals surface area contributed by atoms with Crippen LogP contribution in [-0.4, -0.2) is 28.5 Å². The lowest BCUT2D eigenvalue weighted by Gasteiger charge is -2.26. The lowest BCUT2D eigenvalue weighted by Crippen LogP contribution is -2.36. The number of rotatable bonds is 3. The third kappa shape index (κ3) is 3.93. The van der Waals surface area contributed by atoms with Crippen molar-refractivity contribution in [3.63, 3.8) is 0 Å². The molecule has 3 aromatic rings. The number of hydrogen-bond donors (Lipinski definition) is 0. The van der Waals surface area contributed by atoms with Crippen molar-refractivity contribution in [3.05, 3.63) is 51.4 Å². The maximum Gasteiger partial charge on any atom is 0.354 e. The lowest BCUT2D eigenvalue weighted by atomic mass is 9.95. The Balaban J connectivity index is 1.82. The Hall–Kier alpha value is -3.00. The molecule has 7 nitrogen and oxygen atoms in total. The first kappa shape index (κ1) is 20.7. The van der Waals surface area contributed by atoms with Crippen molar-refractivity contribution < 1.29 is 14.3 Å². The van der Waals surface area contributed by atoms with Crippen molar-refractivity contribution >= 4 is 39.1 Å². The van der Waals surface area contributed by atoms with Gasteiger partial charge in [0.25, 0.3) is 5.56 Å². The summed E-state index contributed by atoms with van der Waals surface area (Å²) in [6, 6.07) is 6.72. The number of hydrogen-bond acceptors (Lipinski definition) is 6. The molecule has 0 saturated heterocycles. The van der Waals surface area contributed by atoms with E-state index in [9.17, 15) is 14.4 Å². The molecule has 2 aromatic heterocycles. The van der Waals surface area contributed by atoms with E-state index in [0.29, 0.717) is 32.1 Å². The van der Waals surface area contributed by atoms with Gasteiger partial charge in [-0.25, -0.2) is 9.78 Å². The van der Waals surface area contributed by atoms with Gasteiger partial charge in [-0.2, -0.15) is 0 Å². The van der Waals surface area contributed by atoms with Gasteiger partial charge in [0, 0.05) is 25.2 Å². The Bertz CT molecular complexity index is 1150. The van der Waals surface area contributed by atoms with Crippen LogP contribution in [0.1, 0.15) is 36.0 Å². The summed E-state index contributed by atoms with van der Waals surface area (Å²) in [7, 11) is 3.33. The van der Waals surface area contributed by atoms with Crippen LogP contribution in [0.2, 0.25) is 0 Å². The van der Waals surface area contributed by atoms with E-state index in [1.807, 2.05) is 20.8 Å². The van der Waals surface area contributed by atoms with Crippen LogP contribution in [0.4, 0.5) is 5.69 Å². The summed E-state index contributed by atoms with van der Waals surface area (Å²) < 4.78 is 6.86. The molecule has 152 valence electrons. The Kier molecular flexibility index (Phi) is 5.32. The van der Waals surface area contributed by atoms with Gasteiger partial charge in [-0.3, -0.25) is 9.59 Å². The molecule has 0 aliphatic carbocycles. The van der Waals surface area contributed by atoms with Gasteiger partial charge >= 0.3 is 5.97 Å². The number of aryl methyl sites for hydroxylation is 2. The predicted molar refractivity (Wildman–Crippen MR) is 114 cm³/mol. The highest BCUT2D eigenvalue weighted by molar-refractivity contribution is 7.20. The van der Waals surface area contributed by atoms with E-state index < -0.39 is 11.4 Å². The molecule has 2 heterocycles. The molecule has 0 bridgehead atoms. The number of esters is 1. The minimum absolute atomic E-state index is 0.0165. The largest absolute Gasteiger partial charge is 0.422 e. The second-order valence-corrected chi connectivity index (χ2v) is 8.89. The van der Waals surface area contributed by atoms with Gasteiger partial charge in [-0.05, 0) is 36.8 Å². The Labute approximate surface area is 172 Å². The topological polar surface area (TPSA) is 81.5 Å². The van der Waals surface area contributed by atoms with Crippen LogP contribution < -0.4 is 15.2 Å². The van der Waals surface area contributed by atoms with E-state index in [1.54, 1.807) is 50.2 Å². The van der Waals surface area contributed by atoms with E-state index >= 15 is 0 Å². The van der Waals surface area contributed by atoms with Crippen LogP contribution in [0, 0.1) is 12.3 Å². The van der Waals surface area contributed by atoms with Gasteiger partial charge in [-0.1, -0.05) is 20.8 Å². The van der Waals surface area contributed by atoms with Crippen molar-refractivity contribution in [2.75, 3.05) is 11.9 Å². The zero-order valence-electron chi connectivity index (χ0n) is 17.3. The van der Waals surface area contributed by atoms with Crippen molar-refractivity contribution in [2.24, 2.45) is 12.5 Å². The van der Waals surface area contributed by atoms with Crippen LogP contribution in [0.5, 0.6) is 5.75 Å². The summed E-state index contributed by atoms with van der Waals surface area (Å²) in [5.41, 5.74) is 0.578. The molecule has 0 spiro atoms. The van der Waals surface area contributed by atoms with E-state index in [1.165, 1.54) is 10.9 Å². The van der Waals surface area contributed by atoms with Crippen molar-refractivity contribution in [3.8, 4) is 5.75 Å². The third-order valence-corrected chi connectivity index (χ3v) is 5.76. The highest BCUT2D eigenvalue weighted by Gasteiger charge is 2.26. The van der Waals surface area contributed by atoms with Gasteiger partial charge in [0.05, 0.1) is 11.7 Å². The number of thiophene rings is 1. The summed E-state index contributed by atoms with van der Waals surface area (Å²) in [5, 5.41) is 0.435. The second kappa shape index (κ2) is 7.44. The summed E-state index contributed by atoms with van der Waals surface area (Å²) in [6.07, 6.45) is 1.43. The number of fused-ring (bicyclic) bond motifs is 1. The monoisotopic (exact) mass is 413 g/mol. The van der Waals surface area contributed by atoms with Crippen LogP contribution in [0.25, 0.3) is 10.2 Å². The molecule has 0 radical (unpaired) electrons. The van der Waals surface area contributed by atoms with Crippen molar-refractivity contribution in [1.29, 1.82) is 0 Å². The zero-order chi connectivity index (χ0) is 21.5. The first-order chi connectivity index (χ1) is 13.5. The summed E-state index contributed by atoms with van der Waals surface area (Å²) in [6.45, 7) is 7.29. The first-order valence-corrected chi connectivity index (χ1v) is 9.87. The third-order valence-electron chi connectivity index (χ3n) is 4.58. The maximum absolute atomic E-state index is 12.6. The fraction of sp³-hybridized carbons (Fsp3) is 0.333. The van der Waals surface area contributed by atoms with Crippen molar-refractivity contribution in [1.82, 2.24) is 9.55 Å². The number of aromatic nitrogens is 2. The molecule has 1 aromatic carbocycles. The molecule has 8 heteroatoms. The molecular formula is C21H23N3O4S. The molecule has 0 N–H and O–H groups in total. The molecule has 0 aliphatic rings. The highest BCUT2D eigenvalue weighted by Crippen LogP contribution is 2.29. The molecule has 0 atom stereocenters. The Morgan fingerprint density at radius 1 is 1.17 bits per heavy atom. The SMILES string of the molecule is Cc1c(C(=O)Oc2ccc(N(C)C(=O)C(C)(C)C)cc2)sc2ncn(C)c(=O)c12. The standard InChI is InChI=1S/C21H23N3O4S/c1-12-15-17(22-11-23(5)18(15)25)29-16(12)19(26)28-14-9-7-13(8-10-14)24(6)20(27)21(2,3)4/h7-11H,1-6H3. The number of ether oxygens (including phenoxy) is 1. The number of amides is 1. The smallest absolute Gasteiger partial charge is 0.354 e. The van der Waals surface area contributed by atoms with Gasteiger partial charge < -0.3 is 14.2 Å². The lowest BCUT2D eigenvalue weighted by molar-refractivity contribution is -0.125. The van der Waals surface area contributed by atoms with Crippen molar-refractivity contribution in [2.45, 2.75) is 27.7 Å². The van der Waals surface area contributed by atoms with Crippen LogP contribution in [-0.2, 0) is 11.8 Å². The molecule has 0 saturated carbocycles. The Morgan fingerprint density at radius 2 is 1.79 bits per heavy atom. The van der Waals surface area contributed by atoms with Crippen LogP contribution in [0.3, 0.4) is 0 Å². The molecule has 1 amide bonds. The van der Waals surface area contributed by atoms with Gasteiger partial charge in [-0.15, -0.1) is 11.3 Å². The molecule has 3 rings (SSSR count). The minimum Gasteiger partial charge on any atom is -0.422 e. The van der Waals surface area contributed by atoms with E-state index in [-0.39, 0.29) is 11.5 Å². The quantitative estimate of drug-likeness (QED) is 0.485. The highest BCUT2D eigenvalue weighted by atomic mass is 32.1. The summed E-state index contributed by atoms with van der Waals surface area (Å²) in [4.78, 5) is 44.0. The molecule has 0 unspecified atom stereocenters. The molecule has 0 fully saturated rings. The number of anilines is 1. The van der Waals surface area contributed by atoms with Gasteiger partial charge in [0.1, 0.15) is 15.5 Å². The van der Waals surface area contributed by atoms with E-state index in [2.05, 4.69) is 4.98 Å². The predicted octanol–water partition coefficient (Wildman–Crippen LogP) is 3.53. The van der Waals surface area contributed by atoms with E-state index in [0.717, 1.165) is 11.3 Å². The maximum atomic E-state index is 12.6. The summed E-state index contributed by atoms with van der Waals surface area (Å²) >= 11 is 1.14. The average Bonchev–Trinajstić information content (AvgIpc) is 3.00. The second-order valence-electron chi connectivity index (χ2n) is 7.89. The Morgan fingerprint density at radius 3 is 2.38 bits per heavy atom. The molecule has 0 aliphatic heterocycles.